The van der Waals surface area contributed by atoms with E-state index in [1.54, 1.807) is 54.9 Å². The number of pyridine rings is 1. The Hall–Kier alpha value is -3.52. The molecule has 2 aromatic heterocycles. The summed E-state index contributed by atoms with van der Waals surface area (Å²) in [6, 6.07) is 13.6. The maximum absolute atomic E-state index is 13.8. The molecule has 0 saturated carbocycles. The Kier molecular flexibility index (Phi) is 4.85. The predicted octanol–water partition coefficient (Wildman–Crippen LogP) is 3.87. The summed E-state index contributed by atoms with van der Waals surface area (Å²) in [7, 11) is -2.50. The van der Waals surface area contributed by atoms with E-state index in [4.69, 9.17) is 4.74 Å². The van der Waals surface area contributed by atoms with Gasteiger partial charge in [-0.2, -0.15) is 0 Å². The molecule has 4 aromatic rings. The lowest BCUT2D eigenvalue weighted by atomic mass is 10.2. The van der Waals surface area contributed by atoms with E-state index in [0.717, 1.165) is 16.3 Å². The van der Waals surface area contributed by atoms with E-state index in [0.29, 0.717) is 11.4 Å². The topological polar surface area (TPSA) is 85.3 Å². The van der Waals surface area contributed by atoms with Gasteiger partial charge in [0.05, 0.1) is 12.0 Å². The zero-order valence-electron chi connectivity index (χ0n) is 15.9. The van der Waals surface area contributed by atoms with Crippen LogP contribution in [0.25, 0.3) is 10.8 Å². The molecular weight excluding hydrogens is 388 g/mol. The number of fused-ring (bicyclic) bond motifs is 1. The average molecular weight is 406 g/mol. The minimum absolute atomic E-state index is 0.137. The van der Waals surface area contributed by atoms with Crippen LogP contribution in [0.15, 0.2) is 78.3 Å². The fourth-order valence-electron chi connectivity index (χ4n) is 3.07. The monoisotopic (exact) mass is 406 g/mol. The molecule has 4 rings (SSSR count). The molecule has 0 aliphatic heterocycles. The number of ether oxygens (including phenoxy) is 1. The van der Waals surface area contributed by atoms with Crippen molar-refractivity contribution in [2.24, 2.45) is 0 Å². The molecule has 0 fully saturated rings. The fraction of sp³-hybridized carbons (Fsp3) is 0.0952. The van der Waals surface area contributed by atoms with Crippen LogP contribution in [0, 0.1) is 6.92 Å². The summed E-state index contributed by atoms with van der Waals surface area (Å²) in [5.41, 5.74) is 1.26. The first-order valence-corrected chi connectivity index (χ1v) is 10.2. The SMILES string of the molecule is COc1ccc(C)cc1N(c1ccncn1)S(=O)(=O)c1ccc2cnccc2c1. The van der Waals surface area contributed by atoms with Gasteiger partial charge in [-0.3, -0.25) is 4.98 Å². The highest BCUT2D eigenvalue weighted by Gasteiger charge is 2.30. The lowest BCUT2D eigenvalue weighted by molar-refractivity contribution is 0.416. The minimum atomic E-state index is -4.01. The quantitative estimate of drug-likeness (QED) is 0.500. The molecule has 0 aliphatic carbocycles. The van der Waals surface area contributed by atoms with Crippen molar-refractivity contribution in [1.29, 1.82) is 0 Å². The van der Waals surface area contributed by atoms with Gasteiger partial charge in [0.15, 0.2) is 5.82 Å². The number of nitrogens with zero attached hydrogens (tertiary/aromatic N) is 4. The van der Waals surface area contributed by atoms with Gasteiger partial charge in [0.25, 0.3) is 10.0 Å². The number of benzene rings is 2. The van der Waals surface area contributed by atoms with Crippen molar-refractivity contribution in [3.63, 3.8) is 0 Å². The Morgan fingerprint density at radius 3 is 2.52 bits per heavy atom. The van der Waals surface area contributed by atoms with Crippen molar-refractivity contribution < 1.29 is 13.2 Å². The molecule has 7 nitrogen and oxygen atoms in total. The Morgan fingerprint density at radius 2 is 1.76 bits per heavy atom. The molecule has 2 heterocycles. The van der Waals surface area contributed by atoms with Gasteiger partial charge < -0.3 is 4.74 Å². The number of hydrogen-bond donors (Lipinski definition) is 0. The number of hydrogen-bond acceptors (Lipinski definition) is 6. The molecular formula is C21H18N4O3S. The molecule has 146 valence electrons. The second kappa shape index (κ2) is 7.48. The first-order valence-electron chi connectivity index (χ1n) is 8.80. The van der Waals surface area contributed by atoms with Gasteiger partial charge in [0.1, 0.15) is 17.8 Å². The highest BCUT2D eigenvalue weighted by molar-refractivity contribution is 7.93. The van der Waals surface area contributed by atoms with Crippen molar-refractivity contribution in [2.75, 3.05) is 11.4 Å². The highest BCUT2D eigenvalue weighted by atomic mass is 32.2. The summed E-state index contributed by atoms with van der Waals surface area (Å²) in [6.45, 7) is 1.89. The maximum Gasteiger partial charge on any atom is 0.270 e. The summed E-state index contributed by atoms with van der Waals surface area (Å²) in [6.07, 6.45) is 6.13. The molecule has 0 unspecified atom stereocenters. The summed E-state index contributed by atoms with van der Waals surface area (Å²) < 4.78 is 34.1. The third-order valence-corrected chi connectivity index (χ3v) is 6.19. The Labute approximate surface area is 168 Å². The fourth-order valence-corrected chi connectivity index (χ4v) is 4.55. The third kappa shape index (κ3) is 3.50. The van der Waals surface area contributed by atoms with Crippen LogP contribution < -0.4 is 9.04 Å². The summed E-state index contributed by atoms with van der Waals surface area (Å²) in [5.74, 6) is 0.640. The number of methoxy groups -OCH3 is 1. The largest absolute Gasteiger partial charge is 0.495 e. The lowest BCUT2D eigenvalue weighted by Crippen LogP contribution is -2.27. The number of aromatic nitrogens is 3. The van der Waals surface area contributed by atoms with Gasteiger partial charge >= 0.3 is 0 Å². The summed E-state index contributed by atoms with van der Waals surface area (Å²) in [5, 5.41) is 1.63. The normalized spacial score (nSPS) is 11.4. The van der Waals surface area contributed by atoms with Crippen LogP contribution in [0.1, 0.15) is 5.56 Å². The van der Waals surface area contributed by atoms with Crippen LogP contribution in [0.4, 0.5) is 11.5 Å². The van der Waals surface area contributed by atoms with E-state index in [1.807, 2.05) is 13.0 Å². The minimum Gasteiger partial charge on any atom is -0.495 e. The highest BCUT2D eigenvalue weighted by Crippen LogP contribution is 2.38. The van der Waals surface area contributed by atoms with Crippen molar-refractivity contribution in [3.05, 3.63) is 79.0 Å². The first-order chi connectivity index (χ1) is 14.0. The molecule has 0 amide bonds. The molecule has 0 N–H and O–H groups in total. The first kappa shape index (κ1) is 18.8. The average Bonchev–Trinajstić information content (AvgIpc) is 2.74. The van der Waals surface area contributed by atoms with Crippen molar-refractivity contribution in [1.82, 2.24) is 15.0 Å². The van der Waals surface area contributed by atoms with E-state index in [-0.39, 0.29) is 10.7 Å². The number of rotatable bonds is 5. The Bertz CT molecular complexity index is 1280. The molecule has 0 saturated heterocycles. The molecule has 0 aliphatic rings. The molecule has 0 atom stereocenters. The second-order valence-corrected chi connectivity index (χ2v) is 8.18. The van der Waals surface area contributed by atoms with Gasteiger partial charge in [-0.1, -0.05) is 12.1 Å². The molecule has 0 radical (unpaired) electrons. The lowest BCUT2D eigenvalue weighted by Gasteiger charge is -2.25. The van der Waals surface area contributed by atoms with Gasteiger partial charge in [-0.25, -0.2) is 22.7 Å². The van der Waals surface area contributed by atoms with Gasteiger partial charge in [0, 0.05) is 30.0 Å². The Morgan fingerprint density at radius 1 is 0.931 bits per heavy atom. The molecule has 29 heavy (non-hydrogen) atoms. The van der Waals surface area contributed by atoms with E-state index in [9.17, 15) is 8.42 Å². The maximum atomic E-state index is 13.8. The standard InChI is InChI=1S/C21H18N4O3S/c1-15-3-6-20(28-2)19(11-15)25(21-8-10-23-14-24-21)29(26,27)18-5-4-17-13-22-9-7-16(17)12-18/h3-14H,1-2H3. The van der Waals surface area contributed by atoms with Crippen molar-refractivity contribution in [3.8, 4) is 5.75 Å². The van der Waals surface area contributed by atoms with Crippen molar-refractivity contribution >= 4 is 32.3 Å². The van der Waals surface area contributed by atoms with E-state index < -0.39 is 10.0 Å². The van der Waals surface area contributed by atoms with E-state index in [2.05, 4.69) is 15.0 Å². The van der Waals surface area contributed by atoms with Gasteiger partial charge in [0.2, 0.25) is 0 Å². The van der Waals surface area contributed by atoms with Crippen LogP contribution in [-0.2, 0) is 10.0 Å². The van der Waals surface area contributed by atoms with E-state index in [1.165, 1.54) is 23.9 Å². The number of aryl methyl sites for hydroxylation is 1. The zero-order chi connectivity index (χ0) is 20.4. The smallest absolute Gasteiger partial charge is 0.270 e. The number of anilines is 2. The molecule has 8 heteroatoms. The van der Waals surface area contributed by atoms with Crippen LogP contribution in [0.5, 0.6) is 5.75 Å². The zero-order valence-corrected chi connectivity index (χ0v) is 16.7. The summed E-state index contributed by atoms with van der Waals surface area (Å²) in [4.78, 5) is 12.3. The van der Waals surface area contributed by atoms with Crippen LogP contribution in [-0.4, -0.2) is 30.5 Å². The second-order valence-electron chi connectivity index (χ2n) is 6.40. The number of sulfonamides is 1. The van der Waals surface area contributed by atoms with Gasteiger partial charge in [-0.05, 0) is 48.2 Å². The summed E-state index contributed by atoms with van der Waals surface area (Å²) >= 11 is 0. The van der Waals surface area contributed by atoms with Crippen LogP contribution >= 0.6 is 0 Å². The van der Waals surface area contributed by atoms with Crippen molar-refractivity contribution in [2.45, 2.75) is 11.8 Å². The van der Waals surface area contributed by atoms with E-state index >= 15 is 0 Å². The Balaban J connectivity index is 1.96. The molecule has 2 aromatic carbocycles. The molecule has 0 bridgehead atoms. The molecule has 0 spiro atoms. The predicted molar refractivity (Wildman–Crippen MR) is 111 cm³/mol. The third-order valence-electron chi connectivity index (χ3n) is 4.48. The van der Waals surface area contributed by atoms with Gasteiger partial charge in [-0.15, -0.1) is 0 Å². The van der Waals surface area contributed by atoms with Crippen LogP contribution in [0.2, 0.25) is 0 Å². The van der Waals surface area contributed by atoms with Crippen LogP contribution in [0.3, 0.4) is 0 Å².